The van der Waals surface area contributed by atoms with Gasteiger partial charge in [0.05, 0.1) is 0 Å². The molecule has 5 nitrogen and oxygen atoms in total. The van der Waals surface area contributed by atoms with Gasteiger partial charge in [0, 0.05) is 31.1 Å². The van der Waals surface area contributed by atoms with Gasteiger partial charge in [0.15, 0.2) is 0 Å². The summed E-state index contributed by atoms with van der Waals surface area (Å²) < 4.78 is 31.6. The van der Waals surface area contributed by atoms with E-state index < -0.39 is 10.4 Å². The van der Waals surface area contributed by atoms with Crippen molar-refractivity contribution in [2.75, 3.05) is 0 Å². The largest absolute Gasteiger partial charge is 0.394 e. The van der Waals surface area contributed by atoms with Gasteiger partial charge in [-0.25, -0.2) is 0 Å². The molecule has 0 bridgehead atoms. The Kier molecular flexibility index (Phi) is 11.2. The molecule has 0 heterocycles. The SMILES string of the molecule is N.O=S(=O)(O)O.[U]. The molecular formula is H5NO4SU. The summed E-state index contributed by atoms with van der Waals surface area (Å²) in [5.41, 5.74) is 0. The first-order chi connectivity index (χ1) is 2.00. The molecule has 0 rings (SSSR count). The fourth-order valence-electron chi connectivity index (χ4n) is 0. The standard InChI is InChI=1S/H3N.H2O4S.U/c;1-5(2,3)4;/h1H3;(H2,1,2,3,4);. The summed E-state index contributed by atoms with van der Waals surface area (Å²) in [5.74, 6) is 0. The third-order valence-corrected chi connectivity index (χ3v) is 0. The van der Waals surface area contributed by atoms with Crippen LogP contribution in [0.15, 0.2) is 0 Å². The van der Waals surface area contributed by atoms with Crippen molar-refractivity contribution in [1.82, 2.24) is 6.15 Å². The minimum absolute atomic E-state index is 0. The molecule has 0 spiro atoms. The Labute approximate surface area is 65.0 Å². The van der Waals surface area contributed by atoms with E-state index in [0.29, 0.717) is 0 Å². The molecule has 0 aromatic heterocycles. The summed E-state index contributed by atoms with van der Waals surface area (Å²) in [7, 11) is -4.67. The predicted octanol–water partition coefficient (Wildman–Crippen LogP) is -0.491. The molecule has 0 amide bonds. The molecule has 0 radical (unpaired) electrons. The van der Waals surface area contributed by atoms with Crippen molar-refractivity contribution in [3.8, 4) is 0 Å². The van der Waals surface area contributed by atoms with E-state index in [4.69, 9.17) is 17.5 Å². The van der Waals surface area contributed by atoms with Crippen molar-refractivity contribution < 1.29 is 48.6 Å². The summed E-state index contributed by atoms with van der Waals surface area (Å²) in [5, 5.41) is 0. The van der Waals surface area contributed by atoms with Gasteiger partial charge in [-0.05, 0) is 0 Å². The van der Waals surface area contributed by atoms with Crippen molar-refractivity contribution in [2.24, 2.45) is 0 Å². The average Bonchev–Trinajstić information content (AvgIpc) is 0.722. The van der Waals surface area contributed by atoms with Crippen LogP contribution in [0.4, 0.5) is 0 Å². The Morgan fingerprint density at radius 3 is 1.14 bits per heavy atom. The molecule has 0 aliphatic heterocycles. The summed E-state index contributed by atoms with van der Waals surface area (Å²) >= 11 is 0. The maximum atomic E-state index is 8.74. The van der Waals surface area contributed by atoms with Gasteiger partial charge in [0.1, 0.15) is 0 Å². The van der Waals surface area contributed by atoms with Gasteiger partial charge in [-0.3, -0.25) is 9.11 Å². The van der Waals surface area contributed by atoms with E-state index in [1.54, 1.807) is 0 Å². The van der Waals surface area contributed by atoms with Gasteiger partial charge >= 0.3 is 10.4 Å². The minimum Gasteiger partial charge on any atom is -0.344 e. The zero-order chi connectivity index (χ0) is 4.50. The van der Waals surface area contributed by atoms with E-state index in [2.05, 4.69) is 0 Å². The van der Waals surface area contributed by atoms with E-state index in [1.807, 2.05) is 0 Å². The molecule has 0 aliphatic rings. The van der Waals surface area contributed by atoms with Crippen LogP contribution in [0.2, 0.25) is 0 Å². The molecule has 0 unspecified atom stereocenters. The van der Waals surface area contributed by atoms with Gasteiger partial charge in [0.2, 0.25) is 0 Å². The van der Waals surface area contributed by atoms with Crippen molar-refractivity contribution in [3.63, 3.8) is 0 Å². The van der Waals surface area contributed by atoms with Gasteiger partial charge < -0.3 is 6.15 Å². The Morgan fingerprint density at radius 1 is 1.14 bits per heavy atom. The van der Waals surface area contributed by atoms with Crippen molar-refractivity contribution in [3.05, 3.63) is 0 Å². The van der Waals surface area contributed by atoms with Crippen LogP contribution in [0, 0.1) is 31.1 Å². The molecule has 0 fully saturated rings. The molecule has 0 aliphatic carbocycles. The Hall–Kier alpha value is 0.882. The van der Waals surface area contributed by atoms with Crippen LogP contribution < -0.4 is 6.15 Å². The topological polar surface area (TPSA) is 110 Å². The zero-order valence-electron chi connectivity index (χ0n) is 3.33. The normalized spacial score (nSPS) is 8.29. The molecule has 0 aromatic rings. The third kappa shape index (κ3) is 211. The van der Waals surface area contributed by atoms with Crippen LogP contribution in [0.25, 0.3) is 0 Å². The second kappa shape index (κ2) is 5.03. The van der Waals surface area contributed by atoms with Crippen LogP contribution in [0.5, 0.6) is 0 Å². The molecule has 0 atom stereocenters. The fourth-order valence-corrected chi connectivity index (χ4v) is 0. The third-order valence-electron chi connectivity index (χ3n) is 0. The first-order valence-corrected chi connectivity index (χ1v) is 2.10. The van der Waals surface area contributed by atoms with Gasteiger partial charge in [-0.15, -0.1) is 0 Å². The molecule has 7 heteroatoms. The summed E-state index contributed by atoms with van der Waals surface area (Å²) in [6.07, 6.45) is 0. The van der Waals surface area contributed by atoms with Gasteiger partial charge in [-0.1, -0.05) is 0 Å². The predicted molar refractivity (Wildman–Crippen MR) is 19.2 cm³/mol. The van der Waals surface area contributed by atoms with Crippen LogP contribution in [-0.2, 0) is 10.4 Å². The van der Waals surface area contributed by atoms with E-state index >= 15 is 0 Å². The molecular weight excluding hydrogens is 348 g/mol. The maximum absolute atomic E-state index is 8.74. The second-order valence-corrected chi connectivity index (χ2v) is 1.34. The fraction of sp³-hybridized carbons (Fsp3) is 0. The second-order valence-electron chi connectivity index (χ2n) is 0.448. The molecule has 0 aromatic carbocycles. The Bertz CT molecular complexity index is 94.9. The summed E-state index contributed by atoms with van der Waals surface area (Å²) in [6.45, 7) is 0. The molecule has 0 saturated heterocycles. The number of hydrogen-bond donors (Lipinski definition) is 3. The minimum atomic E-state index is -4.67. The smallest absolute Gasteiger partial charge is 0.344 e. The van der Waals surface area contributed by atoms with E-state index in [0.717, 1.165) is 0 Å². The maximum Gasteiger partial charge on any atom is 0.394 e. The molecule has 0 saturated carbocycles. The zero-order valence-corrected chi connectivity index (χ0v) is 8.31. The number of rotatable bonds is 0. The van der Waals surface area contributed by atoms with Crippen LogP contribution in [0.3, 0.4) is 0 Å². The first-order valence-electron chi connectivity index (χ1n) is 0.698. The summed E-state index contributed by atoms with van der Waals surface area (Å²) in [4.78, 5) is 0. The molecule has 44 valence electrons. The van der Waals surface area contributed by atoms with Crippen molar-refractivity contribution in [2.45, 2.75) is 0 Å². The number of hydrogen-bond acceptors (Lipinski definition) is 3. The average molecular weight is 353 g/mol. The van der Waals surface area contributed by atoms with Crippen molar-refractivity contribution in [1.29, 1.82) is 0 Å². The van der Waals surface area contributed by atoms with E-state index in [1.165, 1.54) is 0 Å². The monoisotopic (exact) mass is 353 g/mol. The van der Waals surface area contributed by atoms with E-state index in [-0.39, 0.29) is 37.3 Å². The quantitative estimate of drug-likeness (QED) is 0.509. The summed E-state index contributed by atoms with van der Waals surface area (Å²) in [6, 6.07) is 0. The van der Waals surface area contributed by atoms with Crippen LogP contribution >= 0.6 is 0 Å². The van der Waals surface area contributed by atoms with Gasteiger partial charge in [0.25, 0.3) is 0 Å². The van der Waals surface area contributed by atoms with Gasteiger partial charge in [-0.2, -0.15) is 8.42 Å². The first kappa shape index (κ1) is 15.7. The van der Waals surface area contributed by atoms with Crippen molar-refractivity contribution >= 4 is 10.4 Å². The van der Waals surface area contributed by atoms with Crippen LogP contribution in [-0.4, -0.2) is 17.5 Å². The van der Waals surface area contributed by atoms with Crippen LogP contribution in [0.1, 0.15) is 0 Å². The Balaban J connectivity index is -0.0000000800. The van der Waals surface area contributed by atoms with E-state index in [9.17, 15) is 0 Å². The Morgan fingerprint density at radius 2 is 1.14 bits per heavy atom. The molecule has 7 heavy (non-hydrogen) atoms. The molecule has 5 N–H and O–H groups in total.